The predicted octanol–water partition coefficient (Wildman–Crippen LogP) is 2.33. The number of fused-ring (bicyclic) bond motifs is 1. The maximum Gasteiger partial charge on any atom is 0.272 e. The van der Waals surface area contributed by atoms with Gasteiger partial charge in [0.25, 0.3) is 11.8 Å². The zero-order valence-electron chi connectivity index (χ0n) is 14.9. The van der Waals surface area contributed by atoms with Gasteiger partial charge in [0.15, 0.2) is 0 Å². The second-order valence-electron chi connectivity index (χ2n) is 6.64. The lowest BCUT2D eigenvalue weighted by Crippen LogP contribution is -2.36. The number of hydrogen-bond acceptors (Lipinski definition) is 4. The van der Waals surface area contributed by atoms with Gasteiger partial charge in [-0.15, -0.1) is 0 Å². The predicted molar refractivity (Wildman–Crippen MR) is 107 cm³/mol. The Morgan fingerprint density at radius 3 is 2.71 bits per heavy atom. The summed E-state index contributed by atoms with van der Waals surface area (Å²) in [6.45, 7) is 0.996. The number of halogens is 1. The van der Waals surface area contributed by atoms with Gasteiger partial charge < -0.3 is 10.6 Å². The smallest absolute Gasteiger partial charge is 0.272 e. The van der Waals surface area contributed by atoms with E-state index in [2.05, 4.69) is 36.6 Å². The minimum absolute atomic E-state index is 0.0598. The van der Waals surface area contributed by atoms with Crippen LogP contribution in [0.3, 0.4) is 0 Å². The van der Waals surface area contributed by atoms with Crippen LogP contribution in [-0.4, -0.2) is 32.6 Å². The van der Waals surface area contributed by atoms with E-state index in [1.165, 1.54) is 6.20 Å². The molecule has 7 nitrogen and oxygen atoms in total. The first-order chi connectivity index (χ1) is 13.6. The Balaban J connectivity index is 1.33. The summed E-state index contributed by atoms with van der Waals surface area (Å²) < 4.78 is 2.53. The Kier molecular flexibility index (Phi) is 5.21. The Morgan fingerprint density at radius 2 is 1.96 bits per heavy atom. The number of pyridine rings is 1. The van der Waals surface area contributed by atoms with Crippen molar-refractivity contribution in [2.75, 3.05) is 0 Å². The number of carbonyl (C=O) groups is 2. The molecule has 0 radical (unpaired) electrons. The molecule has 0 bridgehead atoms. The van der Waals surface area contributed by atoms with E-state index in [9.17, 15) is 9.59 Å². The Hall–Kier alpha value is -3.00. The summed E-state index contributed by atoms with van der Waals surface area (Å²) >= 11 is 3.31. The molecule has 142 valence electrons. The van der Waals surface area contributed by atoms with Gasteiger partial charge in [0, 0.05) is 35.5 Å². The van der Waals surface area contributed by atoms with Gasteiger partial charge in [-0.2, -0.15) is 5.10 Å². The summed E-state index contributed by atoms with van der Waals surface area (Å²) in [5, 5.41) is 10.2. The molecular formula is C20H18BrN5O2. The monoisotopic (exact) mass is 439 g/mol. The zero-order chi connectivity index (χ0) is 19.5. The SMILES string of the molecule is O=C(N[C@H]1Cc2cc(C(=O)NCc3ccccc3)nn2C1)c1cncc(Br)c1. The van der Waals surface area contributed by atoms with E-state index in [0.717, 1.165) is 15.7 Å². The first kappa shape index (κ1) is 18.4. The van der Waals surface area contributed by atoms with Crippen LogP contribution in [-0.2, 0) is 19.5 Å². The van der Waals surface area contributed by atoms with E-state index < -0.39 is 0 Å². The van der Waals surface area contributed by atoms with Gasteiger partial charge in [0.1, 0.15) is 5.69 Å². The van der Waals surface area contributed by atoms with Crippen LogP contribution in [0.25, 0.3) is 0 Å². The third-order valence-electron chi connectivity index (χ3n) is 4.54. The van der Waals surface area contributed by atoms with Crippen molar-refractivity contribution in [1.82, 2.24) is 25.4 Å². The van der Waals surface area contributed by atoms with Gasteiger partial charge in [0.05, 0.1) is 18.2 Å². The number of benzene rings is 1. The highest BCUT2D eigenvalue weighted by Crippen LogP contribution is 2.17. The van der Waals surface area contributed by atoms with Gasteiger partial charge in [-0.25, -0.2) is 0 Å². The molecule has 1 aromatic carbocycles. The fourth-order valence-corrected chi connectivity index (χ4v) is 3.55. The highest BCUT2D eigenvalue weighted by atomic mass is 79.9. The number of carbonyl (C=O) groups excluding carboxylic acids is 2. The summed E-state index contributed by atoms with van der Waals surface area (Å²) in [6, 6.07) is 13.2. The van der Waals surface area contributed by atoms with Crippen LogP contribution in [0.2, 0.25) is 0 Å². The Labute approximate surface area is 170 Å². The van der Waals surface area contributed by atoms with Crippen molar-refractivity contribution in [3.63, 3.8) is 0 Å². The van der Waals surface area contributed by atoms with E-state index in [-0.39, 0.29) is 17.9 Å². The lowest BCUT2D eigenvalue weighted by atomic mass is 10.2. The fourth-order valence-electron chi connectivity index (χ4n) is 3.18. The topological polar surface area (TPSA) is 88.9 Å². The third-order valence-corrected chi connectivity index (χ3v) is 4.98. The number of hydrogen-bond donors (Lipinski definition) is 2. The second-order valence-corrected chi connectivity index (χ2v) is 7.55. The largest absolute Gasteiger partial charge is 0.347 e. The van der Waals surface area contributed by atoms with Crippen LogP contribution in [0.5, 0.6) is 0 Å². The lowest BCUT2D eigenvalue weighted by molar-refractivity contribution is 0.0927. The molecule has 1 aliphatic heterocycles. The summed E-state index contributed by atoms with van der Waals surface area (Å²) in [5.41, 5.74) is 2.86. The molecule has 0 saturated carbocycles. The van der Waals surface area contributed by atoms with Gasteiger partial charge in [-0.1, -0.05) is 30.3 Å². The Bertz CT molecular complexity index is 995. The van der Waals surface area contributed by atoms with Gasteiger partial charge in [-0.3, -0.25) is 19.3 Å². The molecule has 1 aliphatic rings. The van der Waals surface area contributed by atoms with Crippen molar-refractivity contribution < 1.29 is 9.59 Å². The van der Waals surface area contributed by atoms with Crippen LogP contribution >= 0.6 is 15.9 Å². The van der Waals surface area contributed by atoms with Gasteiger partial charge >= 0.3 is 0 Å². The van der Waals surface area contributed by atoms with Crippen LogP contribution < -0.4 is 10.6 Å². The van der Waals surface area contributed by atoms with Crippen molar-refractivity contribution in [2.45, 2.75) is 25.6 Å². The quantitative estimate of drug-likeness (QED) is 0.638. The third kappa shape index (κ3) is 4.12. The number of nitrogens with zero attached hydrogens (tertiary/aromatic N) is 3. The summed E-state index contributed by atoms with van der Waals surface area (Å²) in [7, 11) is 0. The number of aromatic nitrogens is 3. The molecule has 0 aliphatic carbocycles. The molecule has 2 aromatic heterocycles. The van der Waals surface area contributed by atoms with Gasteiger partial charge in [0.2, 0.25) is 0 Å². The molecular weight excluding hydrogens is 422 g/mol. The van der Waals surface area contributed by atoms with Crippen LogP contribution in [0, 0.1) is 0 Å². The summed E-state index contributed by atoms with van der Waals surface area (Å²) in [4.78, 5) is 28.7. The molecule has 2 N–H and O–H groups in total. The number of amides is 2. The van der Waals surface area contributed by atoms with E-state index in [1.807, 2.05) is 30.3 Å². The Morgan fingerprint density at radius 1 is 1.14 bits per heavy atom. The zero-order valence-corrected chi connectivity index (χ0v) is 16.5. The highest BCUT2D eigenvalue weighted by molar-refractivity contribution is 9.10. The van der Waals surface area contributed by atoms with Crippen LogP contribution in [0.4, 0.5) is 0 Å². The number of nitrogens with one attached hydrogen (secondary N) is 2. The van der Waals surface area contributed by atoms with E-state index in [0.29, 0.717) is 30.8 Å². The molecule has 28 heavy (non-hydrogen) atoms. The molecule has 1 atom stereocenters. The number of rotatable bonds is 5. The molecule has 4 rings (SSSR count). The standard InChI is InChI=1S/C20H18BrN5O2/c21-15-6-14(10-22-11-15)19(27)24-16-7-17-8-18(25-26(17)12-16)20(28)23-9-13-4-2-1-3-5-13/h1-6,8,10-11,16H,7,9,12H2,(H,23,28)(H,24,27)/t16-/m0/s1. The lowest BCUT2D eigenvalue weighted by Gasteiger charge is -2.11. The average Bonchev–Trinajstić information content (AvgIpc) is 3.25. The maximum absolute atomic E-state index is 12.4. The van der Waals surface area contributed by atoms with Crippen molar-refractivity contribution in [3.05, 3.63) is 81.8 Å². The first-order valence-corrected chi connectivity index (χ1v) is 9.68. The minimum atomic E-state index is -0.202. The molecule has 2 amide bonds. The average molecular weight is 440 g/mol. The van der Waals surface area contributed by atoms with Crippen LogP contribution in [0.15, 0.2) is 59.3 Å². The highest BCUT2D eigenvalue weighted by Gasteiger charge is 2.26. The molecule has 0 unspecified atom stereocenters. The van der Waals surface area contributed by atoms with E-state index in [4.69, 9.17) is 0 Å². The molecule has 0 saturated heterocycles. The van der Waals surface area contributed by atoms with E-state index >= 15 is 0 Å². The molecule has 8 heteroatoms. The van der Waals surface area contributed by atoms with E-state index in [1.54, 1.807) is 23.0 Å². The summed E-state index contributed by atoms with van der Waals surface area (Å²) in [5.74, 6) is -0.378. The maximum atomic E-state index is 12.4. The normalized spacial score (nSPS) is 15.1. The van der Waals surface area contributed by atoms with Gasteiger partial charge in [-0.05, 0) is 33.6 Å². The van der Waals surface area contributed by atoms with Crippen molar-refractivity contribution in [2.24, 2.45) is 0 Å². The molecule has 3 heterocycles. The van der Waals surface area contributed by atoms with Crippen molar-refractivity contribution in [1.29, 1.82) is 0 Å². The van der Waals surface area contributed by atoms with Crippen molar-refractivity contribution in [3.8, 4) is 0 Å². The molecule has 3 aromatic rings. The molecule has 0 spiro atoms. The fraction of sp³-hybridized carbons (Fsp3) is 0.200. The van der Waals surface area contributed by atoms with Crippen molar-refractivity contribution >= 4 is 27.7 Å². The molecule has 0 fully saturated rings. The minimum Gasteiger partial charge on any atom is -0.347 e. The first-order valence-electron chi connectivity index (χ1n) is 8.89. The summed E-state index contributed by atoms with van der Waals surface area (Å²) in [6.07, 6.45) is 3.79. The second kappa shape index (κ2) is 7.93. The van der Waals surface area contributed by atoms with Crippen LogP contribution in [0.1, 0.15) is 32.1 Å².